The quantitative estimate of drug-likeness (QED) is 0.456. The van der Waals surface area contributed by atoms with Crippen molar-refractivity contribution in [3.63, 3.8) is 0 Å². The highest BCUT2D eigenvalue weighted by molar-refractivity contribution is 5.86. The third kappa shape index (κ3) is 4.12. The smallest absolute Gasteiger partial charge is 0.239 e. The van der Waals surface area contributed by atoms with Crippen LogP contribution in [0.2, 0.25) is 0 Å². The molecular weight excluding hydrogens is 456 g/mol. The van der Waals surface area contributed by atoms with Crippen molar-refractivity contribution in [3.05, 3.63) is 35.9 Å². The molecule has 0 unspecified atom stereocenters. The number of hydrogen-bond donors (Lipinski definition) is 1. The monoisotopic (exact) mass is 490 g/mol. The summed E-state index contributed by atoms with van der Waals surface area (Å²) in [5, 5.41) is 9.97. The van der Waals surface area contributed by atoms with E-state index in [0.29, 0.717) is 25.1 Å². The van der Waals surface area contributed by atoms with Crippen LogP contribution in [0.3, 0.4) is 0 Å². The maximum absolute atomic E-state index is 9.97. The van der Waals surface area contributed by atoms with Crippen molar-refractivity contribution in [2.45, 2.75) is 39.3 Å². The molecule has 4 aromatic rings. The van der Waals surface area contributed by atoms with Crippen LogP contribution in [0.15, 0.2) is 24.3 Å². The van der Waals surface area contributed by atoms with Crippen LogP contribution in [-0.4, -0.2) is 84.6 Å². The Balaban J connectivity index is 1.42. The molecule has 0 saturated carbocycles. The largest absolute Gasteiger partial charge is 0.393 e. The minimum atomic E-state index is -0.240. The van der Waals surface area contributed by atoms with Gasteiger partial charge in [-0.25, -0.2) is 9.97 Å². The van der Waals surface area contributed by atoms with E-state index in [1.165, 1.54) is 0 Å². The van der Waals surface area contributed by atoms with Gasteiger partial charge >= 0.3 is 0 Å². The Morgan fingerprint density at radius 1 is 1.03 bits per heavy atom. The Morgan fingerprint density at radius 3 is 2.53 bits per heavy atom. The predicted octanol–water partition coefficient (Wildman–Crippen LogP) is 2.44. The van der Waals surface area contributed by atoms with Crippen molar-refractivity contribution in [1.82, 2.24) is 34.0 Å². The molecule has 1 atom stereocenters. The number of anilines is 1. The van der Waals surface area contributed by atoms with Crippen LogP contribution in [0.1, 0.15) is 31.4 Å². The number of benzene rings is 1. The first-order valence-electron chi connectivity index (χ1n) is 12.9. The number of ether oxygens (including phenoxy) is 1. The Kier molecular flexibility index (Phi) is 6.10. The third-order valence-electron chi connectivity index (χ3n) is 7.70. The van der Waals surface area contributed by atoms with Gasteiger partial charge in [0.1, 0.15) is 11.6 Å². The van der Waals surface area contributed by atoms with Crippen LogP contribution < -0.4 is 4.90 Å². The Labute approximate surface area is 210 Å². The number of likely N-dealkylation sites (tertiary alicyclic amines) is 1. The van der Waals surface area contributed by atoms with E-state index in [-0.39, 0.29) is 6.10 Å². The van der Waals surface area contributed by atoms with E-state index in [2.05, 4.69) is 20.4 Å². The molecule has 36 heavy (non-hydrogen) atoms. The number of aliphatic hydroxyl groups excluding tert-OH is 1. The normalized spacial score (nSPS) is 18.9. The van der Waals surface area contributed by atoms with Crippen molar-refractivity contribution < 1.29 is 9.84 Å². The molecule has 3 aromatic heterocycles. The fourth-order valence-corrected chi connectivity index (χ4v) is 5.51. The topological polar surface area (TPSA) is 97.4 Å². The van der Waals surface area contributed by atoms with Crippen molar-refractivity contribution in [2.75, 3.05) is 44.3 Å². The molecule has 0 amide bonds. The van der Waals surface area contributed by atoms with Gasteiger partial charge in [0.2, 0.25) is 5.95 Å². The lowest BCUT2D eigenvalue weighted by atomic mass is 9.92. The minimum Gasteiger partial charge on any atom is -0.393 e. The van der Waals surface area contributed by atoms with Crippen molar-refractivity contribution in [3.8, 4) is 5.95 Å². The molecule has 10 nitrogen and oxygen atoms in total. The average molecular weight is 491 g/mol. The van der Waals surface area contributed by atoms with E-state index in [4.69, 9.17) is 24.7 Å². The number of aliphatic hydroxyl groups is 1. The van der Waals surface area contributed by atoms with Gasteiger partial charge in [-0.3, -0.25) is 9.47 Å². The summed E-state index contributed by atoms with van der Waals surface area (Å²) in [5.41, 5.74) is 3.58. The lowest BCUT2D eigenvalue weighted by Crippen LogP contribution is -2.37. The second-order valence-corrected chi connectivity index (χ2v) is 10.0. The van der Waals surface area contributed by atoms with Crippen molar-refractivity contribution in [1.29, 1.82) is 0 Å². The number of imidazole rings is 2. The highest BCUT2D eigenvalue weighted by atomic mass is 16.5. The standard InChI is InChI=1S/C26H34N8O2/c1-17(35)19-8-10-32(11-9-19)16-22-28-23-24(31(22)3)29-26(30-25(23)33-12-14-36-15-13-33)34-18(2)27-20-6-4-5-7-21(20)34/h4-7,17,19,35H,8-16H2,1-3H3/t17-/m1/s1. The van der Waals surface area contributed by atoms with Crippen molar-refractivity contribution >= 4 is 28.0 Å². The van der Waals surface area contributed by atoms with Gasteiger partial charge < -0.3 is 19.3 Å². The lowest BCUT2D eigenvalue weighted by molar-refractivity contribution is 0.0685. The van der Waals surface area contributed by atoms with E-state index in [1.807, 2.05) is 43.7 Å². The predicted molar refractivity (Wildman–Crippen MR) is 138 cm³/mol. The summed E-state index contributed by atoms with van der Waals surface area (Å²) >= 11 is 0. The van der Waals surface area contributed by atoms with Gasteiger partial charge in [0, 0.05) is 20.1 Å². The molecule has 0 spiro atoms. The van der Waals surface area contributed by atoms with E-state index in [9.17, 15) is 5.11 Å². The van der Waals surface area contributed by atoms with Crippen LogP contribution in [0.5, 0.6) is 0 Å². The number of para-hydroxylation sites is 2. The van der Waals surface area contributed by atoms with E-state index in [1.54, 1.807) is 0 Å². The highest BCUT2D eigenvalue weighted by Gasteiger charge is 2.26. The SMILES string of the molecule is Cc1nc2ccccc2n1-c1nc(N2CCOCC2)c2nc(CN3CCC([C@@H](C)O)CC3)n(C)c2n1. The van der Waals surface area contributed by atoms with Gasteiger partial charge in [0.25, 0.3) is 0 Å². The average Bonchev–Trinajstić information content (AvgIpc) is 3.40. The fourth-order valence-electron chi connectivity index (χ4n) is 5.51. The number of fused-ring (bicyclic) bond motifs is 2. The highest BCUT2D eigenvalue weighted by Crippen LogP contribution is 2.29. The first-order valence-corrected chi connectivity index (χ1v) is 12.9. The molecule has 2 saturated heterocycles. The lowest BCUT2D eigenvalue weighted by Gasteiger charge is -2.32. The third-order valence-corrected chi connectivity index (χ3v) is 7.70. The molecule has 2 aliphatic rings. The first-order chi connectivity index (χ1) is 17.5. The van der Waals surface area contributed by atoms with E-state index >= 15 is 0 Å². The zero-order valence-corrected chi connectivity index (χ0v) is 21.3. The summed E-state index contributed by atoms with van der Waals surface area (Å²) in [6.07, 6.45) is 1.78. The zero-order chi connectivity index (χ0) is 24.8. The number of hydrogen-bond acceptors (Lipinski definition) is 8. The van der Waals surface area contributed by atoms with Crippen LogP contribution >= 0.6 is 0 Å². The number of morpholine rings is 1. The van der Waals surface area contributed by atoms with Gasteiger partial charge in [-0.1, -0.05) is 12.1 Å². The maximum Gasteiger partial charge on any atom is 0.239 e. The fraction of sp³-hybridized carbons (Fsp3) is 0.538. The van der Waals surface area contributed by atoms with Gasteiger partial charge in [0.05, 0.1) is 36.9 Å². The molecule has 2 fully saturated rings. The first kappa shape index (κ1) is 23.3. The Morgan fingerprint density at radius 2 is 1.78 bits per heavy atom. The summed E-state index contributed by atoms with van der Waals surface area (Å²) in [6, 6.07) is 8.09. The molecule has 5 heterocycles. The van der Waals surface area contributed by atoms with Gasteiger partial charge in [0.15, 0.2) is 17.0 Å². The van der Waals surface area contributed by atoms with Crippen molar-refractivity contribution in [2.24, 2.45) is 13.0 Å². The number of nitrogens with zero attached hydrogens (tertiary/aromatic N) is 8. The zero-order valence-electron chi connectivity index (χ0n) is 21.3. The van der Waals surface area contributed by atoms with Crippen LogP contribution in [-0.2, 0) is 18.3 Å². The van der Waals surface area contributed by atoms with Gasteiger partial charge in [-0.05, 0) is 57.8 Å². The molecular formula is C26H34N8O2. The van der Waals surface area contributed by atoms with E-state index in [0.717, 1.165) is 85.2 Å². The minimum absolute atomic E-state index is 0.240. The van der Waals surface area contributed by atoms with Crippen LogP contribution in [0.25, 0.3) is 28.1 Å². The second-order valence-electron chi connectivity index (χ2n) is 10.0. The van der Waals surface area contributed by atoms with Crippen LogP contribution in [0.4, 0.5) is 5.82 Å². The molecule has 1 aromatic carbocycles. The molecule has 1 N–H and O–H groups in total. The molecule has 2 aliphatic heterocycles. The number of piperidine rings is 1. The summed E-state index contributed by atoms with van der Waals surface area (Å²) < 4.78 is 9.76. The second kappa shape index (κ2) is 9.42. The molecule has 10 heteroatoms. The summed E-state index contributed by atoms with van der Waals surface area (Å²) in [4.78, 5) is 24.6. The molecule has 0 bridgehead atoms. The van der Waals surface area contributed by atoms with Gasteiger partial charge in [-0.15, -0.1) is 0 Å². The Bertz CT molecular complexity index is 1380. The molecule has 0 aliphatic carbocycles. The maximum atomic E-state index is 9.97. The molecule has 190 valence electrons. The summed E-state index contributed by atoms with van der Waals surface area (Å²) in [6.45, 7) is 9.47. The number of aryl methyl sites for hydroxylation is 2. The molecule has 0 radical (unpaired) electrons. The summed E-state index contributed by atoms with van der Waals surface area (Å²) in [5.74, 6) is 3.68. The summed E-state index contributed by atoms with van der Waals surface area (Å²) in [7, 11) is 2.05. The Hall–Kier alpha value is -3.08. The number of rotatable bonds is 5. The molecule has 6 rings (SSSR count). The van der Waals surface area contributed by atoms with Crippen LogP contribution in [0, 0.1) is 12.8 Å². The van der Waals surface area contributed by atoms with E-state index < -0.39 is 0 Å². The number of aromatic nitrogens is 6. The van der Waals surface area contributed by atoms with Gasteiger partial charge in [-0.2, -0.15) is 9.97 Å².